The van der Waals surface area contributed by atoms with E-state index >= 15 is 0 Å². The standard InChI is InChI=1S/C25H45ClN6O2/c26-16-10-24-6-1-2-7-25(24,15-24)11-18(31-12-16)21(22(27)28)23(33)32-19-14-30-9-5-20(19)34-17-4-3-8-29-13-17/h16-22,29-31H,1-15,27-28H2,(H,32,33)/t16?,17-,18?,19?,20?,21?,24?,25?/m1/s1. The Morgan fingerprint density at radius 3 is 2.50 bits per heavy atom. The molecule has 0 aromatic heterocycles. The van der Waals surface area contributed by atoms with Crippen molar-refractivity contribution in [2.45, 2.75) is 100 Å². The molecule has 3 aliphatic heterocycles. The minimum Gasteiger partial charge on any atom is -0.371 e. The van der Waals surface area contributed by atoms with Crippen molar-refractivity contribution in [3.8, 4) is 0 Å². The van der Waals surface area contributed by atoms with Gasteiger partial charge in [-0.05, 0) is 75.3 Å². The zero-order valence-electron chi connectivity index (χ0n) is 20.5. The molecule has 3 heterocycles. The Hall–Kier alpha value is -0.480. The van der Waals surface area contributed by atoms with Crippen LogP contribution in [-0.2, 0) is 9.53 Å². The van der Waals surface area contributed by atoms with Crippen molar-refractivity contribution in [3.63, 3.8) is 0 Å². The van der Waals surface area contributed by atoms with E-state index < -0.39 is 12.1 Å². The molecule has 0 bridgehead atoms. The van der Waals surface area contributed by atoms with Gasteiger partial charge in [0.25, 0.3) is 0 Å². The summed E-state index contributed by atoms with van der Waals surface area (Å²) < 4.78 is 6.46. The third-order valence-corrected chi connectivity index (χ3v) is 9.89. The number of halogens is 1. The number of nitrogens with one attached hydrogen (secondary N) is 4. The van der Waals surface area contributed by atoms with E-state index in [1.165, 1.54) is 32.1 Å². The largest absolute Gasteiger partial charge is 0.371 e. The minimum absolute atomic E-state index is 0.00952. The maximum Gasteiger partial charge on any atom is 0.227 e. The highest BCUT2D eigenvalue weighted by Crippen LogP contribution is 2.76. The predicted octanol–water partition coefficient (Wildman–Crippen LogP) is 0.771. The monoisotopic (exact) mass is 496 g/mol. The van der Waals surface area contributed by atoms with Crippen LogP contribution < -0.4 is 32.7 Å². The molecule has 8 atom stereocenters. The van der Waals surface area contributed by atoms with Crippen molar-refractivity contribution in [2.75, 3.05) is 32.7 Å². The Morgan fingerprint density at radius 2 is 1.76 bits per heavy atom. The normalized spacial score (nSPS) is 43.7. The Labute approximate surface area is 209 Å². The highest BCUT2D eigenvalue weighted by molar-refractivity contribution is 6.20. The zero-order valence-corrected chi connectivity index (χ0v) is 21.3. The van der Waals surface area contributed by atoms with Crippen LogP contribution >= 0.6 is 11.6 Å². The van der Waals surface area contributed by atoms with Gasteiger partial charge in [0.1, 0.15) is 0 Å². The van der Waals surface area contributed by atoms with Gasteiger partial charge in [-0.2, -0.15) is 0 Å². The van der Waals surface area contributed by atoms with Crippen LogP contribution in [-0.4, -0.2) is 74.5 Å². The van der Waals surface area contributed by atoms with Gasteiger partial charge in [0.05, 0.1) is 30.3 Å². The topological polar surface area (TPSA) is 126 Å². The smallest absolute Gasteiger partial charge is 0.227 e. The molecular weight excluding hydrogens is 452 g/mol. The molecule has 8 N–H and O–H groups in total. The summed E-state index contributed by atoms with van der Waals surface area (Å²) in [7, 11) is 0. The quantitative estimate of drug-likeness (QED) is 0.237. The number of amides is 1. The first-order chi connectivity index (χ1) is 16.4. The molecule has 1 amide bonds. The summed E-state index contributed by atoms with van der Waals surface area (Å²) in [5.41, 5.74) is 13.3. The summed E-state index contributed by atoms with van der Waals surface area (Å²) in [6, 6.07) is -0.133. The van der Waals surface area contributed by atoms with Crippen molar-refractivity contribution in [1.29, 1.82) is 0 Å². The van der Waals surface area contributed by atoms with Gasteiger partial charge in [-0.15, -0.1) is 11.6 Å². The summed E-state index contributed by atoms with van der Waals surface area (Å²) in [6.07, 6.45) is 11.0. The van der Waals surface area contributed by atoms with E-state index in [4.69, 9.17) is 27.8 Å². The molecule has 194 valence electrons. The molecule has 0 radical (unpaired) electrons. The Morgan fingerprint density at radius 1 is 1.00 bits per heavy atom. The lowest BCUT2D eigenvalue weighted by Crippen LogP contribution is -2.62. The van der Waals surface area contributed by atoms with Gasteiger partial charge >= 0.3 is 0 Å². The van der Waals surface area contributed by atoms with Crippen molar-refractivity contribution in [1.82, 2.24) is 21.3 Å². The first-order valence-electron chi connectivity index (χ1n) is 13.7. The fourth-order valence-electron chi connectivity index (χ4n) is 7.77. The number of piperidine rings is 2. The van der Waals surface area contributed by atoms with E-state index in [1.54, 1.807) is 0 Å². The van der Waals surface area contributed by atoms with E-state index in [-0.39, 0.29) is 35.6 Å². The fraction of sp³-hybridized carbons (Fsp3) is 0.960. The van der Waals surface area contributed by atoms with Crippen LogP contribution in [0.5, 0.6) is 0 Å². The van der Waals surface area contributed by atoms with Crippen LogP contribution in [0.3, 0.4) is 0 Å². The van der Waals surface area contributed by atoms with Gasteiger partial charge in [0.15, 0.2) is 0 Å². The average Bonchev–Trinajstić information content (AvgIpc) is 3.45. The molecule has 5 rings (SSSR count). The first-order valence-corrected chi connectivity index (χ1v) is 14.1. The Kier molecular flexibility index (Phi) is 7.76. The fourth-order valence-corrected chi connectivity index (χ4v) is 8.16. The van der Waals surface area contributed by atoms with Crippen molar-refractivity contribution >= 4 is 17.5 Å². The number of hydrogen-bond acceptors (Lipinski definition) is 7. The predicted molar refractivity (Wildman–Crippen MR) is 134 cm³/mol. The van der Waals surface area contributed by atoms with Crippen molar-refractivity contribution in [2.24, 2.45) is 28.2 Å². The minimum atomic E-state index is -0.725. The van der Waals surface area contributed by atoms with E-state index in [2.05, 4.69) is 21.3 Å². The number of alkyl halides is 1. The number of carbonyl (C=O) groups is 1. The number of rotatable bonds is 6. The summed E-state index contributed by atoms with van der Waals surface area (Å²) >= 11 is 6.77. The van der Waals surface area contributed by atoms with Crippen molar-refractivity contribution in [3.05, 3.63) is 0 Å². The molecule has 5 fully saturated rings. The SMILES string of the molecule is NC(N)C(C(=O)NC1CNCCC1O[C@@H]1CCCNC1)C1CC23CCCCC2(CC(Cl)CN1)C3. The number of ether oxygens (including phenoxy) is 1. The Bertz CT molecular complexity index is 722. The van der Waals surface area contributed by atoms with Gasteiger partial charge in [-0.25, -0.2) is 0 Å². The molecule has 5 aliphatic rings. The highest BCUT2D eigenvalue weighted by atomic mass is 35.5. The van der Waals surface area contributed by atoms with Crippen LogP contribution in [0.1, 0.15) is 64.2 Å². The highest BCUT2D eigenvalue weighted by Gasteiger charge is 2.68. The maximum atomic E-state index is 13.7. The molecule has 0 aromatic rings. The Balaban J connectivity index is 1.27. The lowest BCUT2D eigenvalue weighted by Gasteiger charge is -2.41. The molecule has 2 saturated carbocycles. The molecule has 0 aromatic carbocycles. The summed E-state index contributed by atoms with van der Waals surface area (Å²) in [5, 5.41) is 13.9. The van der Waals surface area contributed by atoms with Crippen LogP contribution in [0.25, 0.3) is 0 Å². The first kappa shape index (κ1) is 25.2. The van der Waals surface area contributed by atoms with Crippen LogP contribution in [0.15, 0.2) is 0 Å². The van der Waals surface area contributed by atoms with E-state index in [0.29, 0.717) is 23.9 Å². The van der Waals surface area contributed by atoms with Crippen molar-refractivity contribution < 1.29 is 9.53 Å². The summed E-state index contributed by atoms with van der Waals surface area (Å²) in [4.78, 5) is 13.7. The van der Waals surface area contributed by atoms with Gasteiger partial charge < -0.3 is 37.5 Å². The summed E-state index contributed by atoms with van der Waals surface area (Å²) in [6.45, 7) is 4.26. The van der Waals surface area contributed by atoms with E-state index in [1.807, 2.05) is 0 Å². The molecule has 8 nitrogen and oxygen atoms in total. The number of hydrogen-bond donors (Lipinski definition) is 6. The molecule has 9 heteroatoms. The van der Waals surface area contributed by atoms with E-state index in [0.717, 1.165) is 51.7 Å². The van der Waals surface area contributed by atoms with E-state index in [9.17, 15) is 4.79 Å². The van der Waals surface area contributed by atoms with Crippen LogP contribution in [0.2, 0.25) is 0 Å². The van der Waals surface area contributed by atoms with Gasteiger partial charge in [0.2, 0.25) is 5.91 Å². The molecule has 7 unspecified atom stereocenters. The lowest BCUT2D eigenvalue weighted by molar-refractivity contribution is -0.130. The third kappa shape index (κ3) is 5.15. The lowest BCUT2D eigenvalue weighted by atomic mass is 9.71. The van der Waals surface area contributed by atoms with Crippen LogP contribution in [0, 0.1) is 16.7 Å². The second-order valence-electron chi connectivity index (χ2n) is 11.8. The van der Waals surface area contributed by atoms with Crippen LogP contribution in [0.4, 0.5) is 0 Å². The molecule has 0 spiro atoms. The zero-order chi connectivity index (χ0) is 23.8. The average molecular weight is 497 g/mol. The summed E-state index contributed by atoms with van der Waals surface area (Å²) in [5.74, 6) is -0.544. The molecular formula is C25H45ClN6O2. The maximum absolute atomic E-state index is 13.7. The van der Waals surface area contributed by atoms with Gasteiger partial charge in [0, 0.05) is 31.1 Å². The molecule has 3 saturated heterocycles. The second-order valence-corrected chi connectivity index (χ2v) is 12.4. The number of carbonyl (C=O) groups excluding carboxylic acids is 1. The van der Waals surface area contributed by atoms with Gasteiger partial charge in [-0.3, -0.25) is 4.79 Å². The number of nitrogens with two attached hydrogens (primary N) is 2. The van der Waals surface area contributed by atoms with Gasteiger partial charge in [-0.1, -0.05) is 12.8 Å². The third-order valence-electron chi connectivity index (χ3n) is 9.58. The molecule has 2 aliphatic carbocycles. The molecule has 34 heavy (non-hydrogen) atoms. The second kappa shape index (κ2) is 10.5.